The minimum atomic E-state index is -0.399. The van der Waals surface area contributed by atoms with Crippen LogP contribution in [0.2, 0.25) is 5.02 Å². The van der Waals surface area contributed by atoms with Gasteiger partial charge in [-0.1, -0.05) is 52.4 Å². The van der Waals surface area contributed by atoms with Crippen molar-refractivity contribution >= 4 is 68.5 Å². The van der Waals surface area contributed by atoms with E-state index in [4.69, 9.17) is 26.1 Å². The summed E-state index contributed by atoms with van der Waals surface area (Å²) in [7, 11) is 1.37. The van der Waals surface area contributed by atoms with Crippen molar-refractivity contribution in [2.75, 3.05) is 16.6 Å². The second-order valence-electron chi connectivity index (χ2n) is 7.18. The predicted molar refractivity (Wildman–Crippen MR) is 144 cm³/mol. The average molecular weight is 598 g/mol. The van der Waals surface area contributed by atoms with Crippen molar-refractivity contribution in [2.24, 2.45) is 0 Å². The Morgan fingerprint density at radius 2 is 2.15 bits per heavy atom. The number of esters is 1. The maximum absolute atomic E-state index is 11.9. The van der Waals surface area contributed by atoms with Crippen molar-refractivity contribution in [3.8, 4) is 5.75 Å². The topological polar surface area (TPSA) is 64.5 Å². The van der Waals surface area contributed by atoms with Gasteiger partial charge in [-0.2, -0.15) is 0 Å². The van der Waals surface area contributed by atoms with Crippen LogP contribution in [-0.2, 0) is 16.1 Å². The number of benzene rings is 1. The first-order valence-corrected chi connectivity index (χ1v) is 13.0. The van der Waals surface area contributed by atoms with Gasteiger partial charge in [-0.25, -0.2) is 4.98 Å². The molecule has 0 saturated carbocycles. The number of aryl methyl sites for hydroxylation is 1. The summed E-state index contributed by atoms with van der Waals surface area (Å²) in [4.78, 5) is 23.8. The van der Waals surface area contributed by atoms with Crippen LogP contribution in [0, 0.1) is 6.92 Å². The minimum Gasteiger partial charge on any atom is -0.487 e. The average Bonchev–Trinajstić information content (AvgIpc) is 2.81. The van der Waals surface area contributed by atoms with Crippen molar-refractivity contribution in [3.05, 3.63) is 65.2 Å². The smallest absolute Gasteiger partial charge is 0.318 e. The zero-order valence-corrected chi connectivity index (χ0v) is 22.6. The molecule has 174 valence electrons. The Morgan fingerprint density at radius 1 is 1.36 bits per heavy atom. The lowest BCUT2D eigenvalue weighted by Gasteiger charge is -2.21. The number of anilines is 1. The summed E-state index contributed by atoms with van der Waals surface area (Å²) in [6.07, 6.45) is 7.33. The molecule has 1 atom stereocenters. The Balaban J connectivity index is 1.96. The normalized spacial score (nSPS) is 12.2. The Bertz CT molecular complexity index is 1180. The summed E-state index contributed by atoms with van der Waals surface area (Å²) in [6.45, 7) is 5.97. The second-order valence-corrected chi connectivity index (χ2v) is 9.65. The standard InChI is InChI=1S/C24H25ClIN3O3S/c1-5-9-29(14-26)20-10-15(2)28-23-17(20)7-6-8-21(23)32-13-18-19(25)11-27-12-22(18)33-16(3)24(30)31-4/h5-12,16H,13-14H2,1-4H3/b9-5-. The van der Waals surface area contributed by atoms with Gasteiger partial charge in [0.1, 0.15) is 23.1 Å². The molecule has 3 aromatic rings. The molecule has 0 saturated heterocycles. The molecule has 33 heavy (non-hydrogen) atoms. The number of fused-ring (bicyclic) bond motifs is 1. The number of hydrogen-bond acceptors (Lipinski definition) is 7. The molecule has 0 amide bonds. The molecule has 0 spiro atoms. The van der Waals surface area contributed by atoms with E-state index in [-0.39, 0.29) is 12.6 Å². The minimum absolute atomic E-state index is 0.215. The molecule has 0 bridgehead atoms. The number of aromatic nitrogens is 2. The molecule has 0 aliphatic rings. The monoisotopic (exact) mass is 597 g/mol. The summed E-state index contributed by atoms with van der Waals surface area (Å²) in [5.41, 5.74) is 3.52. The van der Waals surface area contributed by atoms with E-state index in [1.54, 1.807) is 19.3 Å². The first-order valence-electron chi connectivity index (χ1n) is 10.2. The molecular formula is C24H25ClIN3O3S. The van der Waals surface area contributed by atoms with Gasteiger partial charge in [0.15, 0.2) is 0 Å². The Morgan fingerprint density at radius 3 is 2.85 bits per heavy atom. The van der Waals surface area contributed by atoms with Gasteiger partial charge in [-0.15, -0.1) is 11.8 Å². The third-order valence-electron chi connectivity index (χ3n) is 4.85. The van der Waals surface area contributed by atoms with E-state index in [0.717, 1.165) is 37.3 Å². The van der Waals surface area contributed by atoms with Crippen LogP contribution >= 0.6 is 46.0 Å². The number of carbonyl (C=O) groups is 1. The second kappa shape index (κ2) is 11.9. The molecule has 0 radical (unpaired) electrons. The van der Waals surface area contributed by atoms with Gasteiger partial charge in [0.05, 0.1) is 22.4 Å². The van der Waals surface area contributed by atoms with Crippen LogP contribution in [-0.4, -0.2) is 32.8 Å². The van der Waals surface area contributed by atoms with E-state index in [1.807, 2.05) is 38.1 Å². The highest BCUT2D eigenvalue weighted by atomic mass is 127. The zero-order valence-electron chi connectivity index (χ0n) is 18.8. The van der Waals surface area contributed by atoms with Crippen LogP contribution in [0.5, 0.6) is 5.75 Å². The van der Waals surface area contributed by atoms with E-state index in [0.29, 0.717) is 10.8 Å². The number of pyridine rings is 2. The Hall–Kier alpha value is -2.04. The summed E-state index contributed by atoms with van der Waals surface area (Å²) >= 11 is 10.1. The summed E-state index contributed by atoms with van der Waals surface area (Å²) in [5, 5.41) is 1.08. The van der Waals surface area contributed by atoms with E-state index in [9.17, 15) is 4.79 Å². The van der Waals surface area contributed by atoms with Gasteiger partial charge in [0.2, 0.25) is 0 Å². The fourth-order valence-electron chi connectivity index (χ4n) is 3.29. The molecule has 2 aromatic heterocycles. The first-order chi connectivity index (χ1) is 15.9. The number of ether oxygens (including phenoxy) is 2. The van der Waals surface area contributed by atoms with Gasteiger partial charge in [-0.3, -0.25) is 9.78 Å². The summed E-state index contributed by atoms with van der Waals surface area (Å²) in [6, 6.07) is 7.99. The first kappa shape index (κ1) is 25.6. The number of alkyl halides is 1. The number of allylic oxidation sites excluding steroid dienone is 1. The van der Waals surface area contributed by atoms with Crippen molar-refractivity contribution in [2.45, 2.75) is 37.5 Å². The zero-order chi connectivity index (χ0) is 24.0. The molecular weight excluding hydrogens is 573 g/mol. The molecule has 2 heterocycles. The number of carbonyl (C=O) groups excluding carboxylic acids is 1. The number of rotatable bonds is 9. The highest BCUT2D eigenvalue weighted by Gasteiger charge is 2.19. The number of methoxy groups -OCH3 is 1. The number of hydrogen-bond donors (Lipinski definition) is 0. The van der Waals surface area contributed by atoms with Gasteiger partial charge in [0, 0.05) is 40.1 Å². The molecule has 0 aliphatic heterocycles. The maximum atomic E-state index is 11.9. The van der Waals surface area contributed by atoms with E-state index < -0.39 is 5.25 Å². The molecule has 0 aliphatic carbocycles. The van der Waals surface area contributed by atoms with Crippen LogP contribution in [0.25, 0.3) is 10.9 Å². The lowest BCUT2D eigenvalue weighted by Crippen LogP contribution is -2.15. The molecule has 1 unspecified atom stereocenters. The van der Waals surface area contributed by atoms with Crippen molar-refractivity contribution in [1.82, 2.24) is 9.97 Å². The number of thioether (sulfide) groups is 1. The largest absolute Gasteiger partial charge is 0.487 e. The quantitative estimate of drug-likeness (QED) is 0.0910. The lowest BCUT2D eigenvalue weighted by atomic mass is 10.1. The highest BCUT2D eigenvalue weighted by Crippen LogP contribution is 2.35. The fourth-order valence-corrected chi connectivity index (χ4v) is 5.16. The Kier molecular flexibility index (Phi) is 9.22. The third kappa shape index (κ3) is 6.10. The molecule has 3 rings (SSSR count). The summed E-state index contributed by atoms with van der Waals surface area (Å²) < 4.78 is 11.9. The van der Waals surface area contributed by atoms with Gasteiger partial charge >= 0.3 is 5.97 Å². The molecule has 6 nitrogen and oxygen atoms in total. The molecule has 1 aromatic carbocycles. The van der Waals surface area contributed by atoms with E-state index in [2.05, 4.69) is 44.7 Å². The number of nitrogens with zero attached hydrogens (tertiary/aromatic N) is 3. The number of halogens is 2. The third-order valence-corrected chi connectivity index (χ3v) is 7.06. The van der Waals surface area contributed by atoms with Gasteiger partial charge in [0.25, 0.3) is 0 Å². The predicted octanol–water partition coefficient (Wildman–Crippen LogP) is 6.56. The Labute approximate surface area is 216 Å². The van der Waals surface area contributed by atoms with Crippen LogP contribution in [0.1, 0.15) is 25.1 Å². The van der Waals surface area contributed by atoms with E-state index >= 15 is 0 Å². The van der Waals surface area contributed by atoms with Crippen molar-refractivity contribution in [3.63, 3.8) is 0 Å². The molecule has 0 N–H and O–H groups in total. The van der Waals surface area contributed by atoms with Gasteiger partial charge < -0.3 is 14.4 Å². The van der Waals surface area contributed by atoms with Gasteiger partial charge in [-0.05, 0) is 32.9 Å². The van der Waals surface area contributed by atoms with Crippen LogP contribution < -0.4 is 9.64 Å². The fraction of sp³-hybridized carbons (Fsp3) is 0.292. The molecule has 9 heteroatoms. The lowest BCUT2D eigenvalue weighted by molar-refractivity contribution is -0.139. The van der Waals surface area contributed by atoms with Crippen LogP contribution in [0.3, 0.4) is 0 Å². The van der Waals surface area contributed by atoms with E-state index in [1.165, 1.54) is 18.9 Å². The molecule has 0 fully saturated rings. The number of para-hydroxylation sites is 1. The highest BCUT2D eigenvalue weighted by molar-refractivity contribution is 14.1. The summed E-state index contributed by atoms with van der Waals surface area (Å²) in [5.74, 6) is 0.352. The van der Waals surface area contributed by atoms with Crippen molar-refractivity contribution in [1.29, 1.82) is 0 Å². The van der Waals surface area contributed by atoms with Crippen molar-refractivity contribution < 1.29 is 14.3 Å². The van der Waals surface area contributed by atoms with Crippen LogP contribution in [0.4, 0.5) is 5.69 Å². The van der Waals surface area contributed by atoms with Crippen LogP contribution in [0.15, 0.2) is 53.8 Å². The SMILES string of the molecule is C/C=C\N(CI)c1cc(C)nc2c(OCc3c(Cl)cncc3SC(C)C(=O)OC)cccc12. The maximum Gasteiger partial charge on any atom is 0.318 e.